The molecule has 1 atom stereocenters. The molecule has 138 valence electrons. The van der Waals surface area contributed by atoms with E-state index in [-0.39, 0.29) is 18.6 Å². The molecule has 0 N–H and O–H groups in total. The lowest BCUT2D eigenvalue weighted by molar-refractivity contribution is -0.141. The lowest BCUT2D eigenvalue weighted by Crippen LogP contribution is -2.44. The zero-order valence-electron chi connectivity index (χ0n) is 13.6. The van der Waals surface area contributed by atoms with Gasteiger partial charge >= 0.3 is 0 Å². The predicted molar refractivity (Wildman–Crippen MR) is 104 cm³/mol. The second-order valence-electron chi connectivity index (χ2n) is 5.77. The van der Waals surface area contributed by atoms with Crippen molar-refractivity contribution in [2.24, 2.45) is 0 Å². The van der Waals surface area contributed by atoms with E-state index in [1.807, 2.05) is 0 Å². The summed E-state index contributed by atoms with van der Waals surface area (Å²) in [4.78, 5) is 14.2. The SMILES string of the molecule is O=C(COc1ccc(Cl)cc1Cl)N1CCOC(c2cc(Cl)cc(Cl)c2)C1. The van der Waals surface area contributed by atoms with Gasteiger partial charge in [-0.2, -0.15) is 0 Å². The van der Waals surface area contributed by atoms with E-state index in [1.54, 1.807) is 41.3 Å². The van der Waals surface area contributed by atoms with E-state index in [0.29, 0.717) is 45.5 Å². The maximum atomic E-state index is 12.5. The van der Waals surface area contributed by atoms with Crippen molar-refractivity contribution in [3.63, 3.8) is 0 Å². The molecule has 2 aromatic rings. The van der Waals surface area contributed by atoms with E-state index in [9.17, 15) is 4.79 Å². The fourth-order valence-electron chi connectivity index (χ4n) is 2.66. The maximum absolute atomic E-state index is 12.5. The van der Waals surface area contributed by atoms with Gasteiger partial charge in [0.1, 0.15) is 11.9 Å². The summed E-state index contributed by atoms with van der Waals surface area (Å²) >= 11 is 24.0. The van der Waals surface area contributed by atoms with E-state index >= 15 is 0 Å². The largest absolute Gasteiger partial charge is 0.482 e. The molecular formula is C18H15Cl4NO3. The number of carbonyl (C=O) groups excluding carboxylic acids is 1. The summed E-state index contributed by atoms with van der Waals surface area (Å²) in [6, 6.07) is 10.1. The highest BCUT2D eigenvalue weighted by Crippen LogP contribution is 2.29. The van der Waals surface area contributed by atoms with Gasteiger partial charge in [-0.05, 0) is 42.0 Å². The van der Waals surface area contributed by atoms with Crippen LogP contribution in [-0.2, 0) is 9.53 Å². The number of carbonyl (C=O) groups is 1. The fraction of sp³-hybridized carbons (Fsp3) is 0.278. The van der Waals surface area contributed by atoms with E-state index < -0.39 is 0 Å². The van der Waals surface area contributed by atoms with Crippen molar-refractivity contribution >= 4 is 52.3 Å². The normalized spacial score (nSPS) is 17.2. The summed E-state index contributed by atoms with van der Waals surface area (Å²) in [6.07, 6.45) is -0.289. The summed E-state index contributed by atoms with van der Waals surface area (Å²) in [7, 11) is 0. The Morgan fingerprint density at radius 1 is 1.08 bits per heavy atom. The van der Waals surface area contributed by atoms with Gasteiger partial charge in [0, 0.05) is 21.6 Å². The number of hydrogen-bond acceptors (Lipinski definition) is 3. The Bertz CT molecular complexity index is 795. The molecule has 1 aliphatic rings. The Balaban J connectivity index is 1.62. The van der Waals surface area contributed by atoms with Crippen molar-refractivity contribution in [2.45, 2.75) is 6.10 Å². The third-order valence-electron chi connectivity index (χ3n) is 3.92. The molecule has 0 aliphatic carbocycles. The van der Waals surface area contributed by atoms with Gasteiger partial charge in [-0.25, -0.2) is 0 Å². The van der Waals surface area contributed by atoms with Gasteiger partial charge in [-0.3, -0.25) is 4.79 Å². The van der Waals surface area contributed by atoms with Gasteiger partial charge in [0.2, 0.25) is 0 Å². The number of morpholine rings is 1. The highest BCUT2D eigenvalue weighted by molar-refractivity contribution is 6.35. The summed E-state index contributed by atoms with van der Waals surface area (Å²) < 4.78 is 11.3. The van der Waals surface area contributed by atoms with Crippen LogP contribution in [0.1, 0.15) is 11.7 Å². The maximum Gasteiger partial charge on any atom is 0.260 e. The molecule has 26 heavy (non-hydrogen) atoms. The minimum absolute atomic E-state index is 0.121. The monoisotopic (exact) mass is 433 g/mol. The topological polar surface area (TPSA) is 38.8 Å². The van der Waals surface area contributed by atoms with Crippen molar-refractivity contribution in [2.75, 3.05) is 26.3 Å². The van der Waals surface area contributed by atoms with Crippen LogP contribution in [0.2, 0.25) is 20.1 Å². The smallest absolute Gasteiger partial charge is 0.260 e. The molecule has 1 heterocycles. The molecule has 8 heteroatoms. The molecule has 1 saturated heterocycles. The first kappa shape index (κ1) is 19.6. The van der Waals surface area contributed by atoms with Crippen LogP contribution in [0.5, 0.6) is 5.75 Å². The van der Waals surface area contributed by atoms with Crippen molar-refractivity contribution in [3.05, 3.63) is 62.1 Å². The zero-order valence-corrected chi connectivity index (χ0v) is 16.6. The number of hydrogen-bond donors (Lipinski definition) is 0. The molecule has 1 aliphatic heterocycles. The summed E-state index contributed by atoms with van der Waals surface area (Å²) in [6.45, 7) is 1.18. The minimum atomic E-state index is -0.289. The highest BCUT2D eigenvalue weighted by Gasteiger charge is 2.26. The Morgan fingerprint density at radius 2 is 1.81 bits per heavy atom. The standard InChI is InChI=1S/C18H15Cl4NO3/c19-12-1-2-16(15(22)8-12)26-10-18(24)23-3-4-25-17(9-23)11-5-13(20)7-14(21)6-11/h1-2,5-8,17H,3-4,9-10H2. The van der Waals surface area contributed by atoms with E-state index in [1.165, 1.54) is 0 Å². The molecule has 0 bridgehead atoms. The fourth-order valence-corrected chi connectivity index (χ4v) is 3.67. The molecular weight excluding hydrogens is 420 g/mol. The van der Waals surface area contributed by atoms with Gasteiger partial charge in [0.05, 0.1) is 18.2 Å². The van der Waals surface area contributed by atoms with Crippen molar-refractivity contribution in [3.8, 4) is 5.75 Å². The molecule has 1 unspecified atom stereocenters. The van der Waals surface area contributed by atoms with Crippen molar-refractivity contribution in [1.82, 2.24) is 4.90 Å². The second-order valence-corrected chi connectivity index (χ2v) is 7.48. The number of halogens is 4. The van der Waals surface area contributed by atoms with Gasteiger partial charge in [0.25, 0.3) is 5.91 Å². The second kappa shape index (κ2) is 8.68. The van der Waals surface area contributed by atoms with E-state index in [4.69, 9.17) is 55.9 Å². The molecule has 2 aromatic carbocycles. The Morgan fingerprint density at radius 3 is 2.50 bits per heavy atom. The van der Waals surface area contributed by atoms with Crippen LogP contribution >= 0.6 is 46.4 Å². The van der Waals surface area contributed by atoms with Crippen molar-refractivity contribution in [1.29, 1.82) is 0 Å². The lowest BCUT2D eigenvalue weighted by Gasteiger charge is -2.33. The average molecular weight is 435 g/mol. The Labute approximate surface area is 171 Å². The summed E-state index contributed by atoms with van der Waals surface area (Å²) in [5.41, 5.74) is 0.835. The van der Waals surface area contributed by atoms with Crippen LogP contribution in [-0.4, -0.2) is 37.1 Å². The first-order valence-electron chi connectivity index (χ1n) is 7.85. The van der Waals surface area contributed by atoms with E-state index in [0.717, 1.165) is 5.56 Å². The molecule has 1 fully saturated rings. The molecule has 0 radical (unpaired) electrons. The van der Waals surface area contributed by atoms with Gasteiger partial charge in [-0.1, -0.05) is 46.4 Å². The van der Waals surface area contributed by atoms with Crippen molar-refractivity contribution < 1.29 is 14.3 Å². The third kappa shape index (κ3) is 4.96. The van der Waals surface area contributed by atoms with Crippen LogP contribution in [0.25, 0.3) is 0 Å². The van der Waals surface area contributed by atoms with Crippen LogP contribution in [0.4, 0.5) is 0 Å². The predicted octanol–water partition coefficient (Wildman–Crippen LogP) is 5.28. The highest BCUT2D eigenvalue weighted by atomic mass is 35.5. The Hall–Kier alpha value is -1.17. The number of ether oxygens (including phenoxy) is 2. The third-order valence-corrected chi connectivity index (χ3v) is 4.89. The molecule has 0 saturated carbocycles. The molecule has 1 amide bonds. The van der Waals surface area contributed by atoms with Gasteiger partial charge in [0.15, 0.2) is 6.61 Å². The number of nitrogens with zero attached hydrogens (tertiary/aromatic N) is 1. The molecule has 0 aromatic heterocycles. The number of amides is 1. The summed E-state index contributed by atoms with van der Waals surface area (Å²) in [5.74, 6) is 0.258. The van der Waals surface area contributed by atoms with Crippen LogP contribution in [0.3, 0.4) is 0 Å². The first-order chi connectivity index (χ1) is 12.4. The van der Waals surface area contributed by atoms with Crippen LogP contribution < -0.4 is 4.74 Å². The minimum Gasteiger partial charge on any atom is -0.482 e. The van der Waals surface area contributed by atoms with Crippen LogP contribution in [0.15, 0.2) is 36.4 Å². The first-order valence-corrected chi connectivity index (χ1v) is 9.37. The van der Waals surface area contributed by atoms with Gasteiger partial charge < -0.3 is 14.4 Å². The van der Waals surface area contributed by atoms with Crippen LogP contribution in [0, 0.1) is 0 Å². The Kier molecular flexibility index (Phi) is 6.54. The molecule has 4 nitrogen and oxygen atoms in total. The molecule has 0 spiro atoms. The zero-order chi connectivity index (χ0) is 18.7. The number of rotatable bonds is 4. The molecule has 3 rings (SSSR count). The quantitative estimate of drug-likeness (QED) is 0.657. The number of benzene rings is 2. The lowest BCUT2D eigenvalue weighted by atomic mass is 10.1. The average Bonchev–Trinajstić information content (AvgIpc) is 2.60. The summed E-state index contributed by atoms with van der Waals surface area (Å²) in [5, 5.41) is 1.92. The van der Waals surface area contributed by atoms with E-state index in [2.05, 4.69) is 0 Å². The van der Waals surface area contributed by atoms with Gasteiger partial charge in [-0.15, -0.1) is 0 Å².